The molecule has 0 fully saturated rings. The Morgan fingerprint density at radius 3 is 1.94 bits per heavy atom. The van der Waals surface area contributed by atoms with Gasteiger partial charge in [-0.3, -0.25) is 9.69 Å². The molecule has 0 saturated heterocycles. The molecule has 6 aromatic rings. The third-order valence-corrected chi connectivity index (χ3v) is 9.94. The monoisotopic (exact) mass is 677 g/mol. The minimum atomic E-state index is -0.758. The van der Waals surface area contributed by atoms with E-state index < -0.39 is 12.1 Å². The molecule has 2 aliphatic heterocycles. The highest BCUT2D eigenvalue weighted by molar-refractivity contribution is 6.01. The Hall–Kier alpha value is -6.16. The lowest BCUT2D eigenvalue weighted by Crippen LogP contribution is -2.51. The Morgan fingerprint density at radius 1 is 0.745 bits per heavy atom. The summed E-state index contributed by atoms with van der Waals surface area (Å²) < 4.78 is 4.82. The molecule has 0 aliphatic carbocycles. The molecule has 4 N–H and O–H groups in total. The molecule has 10 nitrogen and oxygen atoms in total. The highest BCUT2D eigenvalue weighted by atomic mass is 16.5. The molecule has 2 aromatic heterocycles. The van der Waals surface area contributed by atoms with Crippen molar-refractivity contribution in [3.05, 3.63) is 132 Å². The molecular weight excluding hydrogens is 638 g/mol. The maximum Gasteiger partial charge on any atom is 0.407 e. The predicted molar refractivity (Wildman–Crippen MR) is 198 cm³/mol. The molecule has 0 radical (unpaired) electrons. The molecule has 0 bridgehead atoms. The Bertz CT molecular complexity index is 2180. The number of nitrogens with zero attached hydrogens (tertiary/aromatic N) is 3. The number of fused-ring (bicyclic) bond motifs is 2. The Labute approximate surface area is 296 Å². The molecule has 0 saturated carbocycles. The fourth-order valence-corrected chi connectivity index (χ4v) is 7.19. The van der Waals surface area contributed by atoms with Crippen LogP contribution in [0.15, 0.2) is 109 Å². The third-order valence-electron chi connectivity index (χ3n) is 9.94. The Balaban J connectivity index is 0.975. The van der Waals surface area contributed by atoms with Gasteiger partial charge >= 0.3 is 6.09 Å². The van der Waals surface area contributed by atoms with Crippen molar-refractivity contribution in [2.75, 3.05) is 17.3 Å². The van der Waals surface area contributed by atoms with Crippen molar-refractivity contribution in [1.82, 2.24) is 25.3 Å². The second-order valence-electron chi connectivity index (χ2n) is 13.5. The van der Waals surface area contributed by atoms with Crippen molar-refractivity contribution in [2.45, 2.75) is 44.8 Å². The lowest BCUT2D eigenvalue weighted by Gasteiger charge is -2.30. The van der Waals surface area contributed by atoms with E-state index in [1.54, 1.807) is 4.90 Å². The van der Waals surface area contributed by atoms with Crippen LogP contribution in [0.4, 0.5) is 16.2 Å². The summed E-state index contributed by atoms with van der Waals surface area (Å²) in [6.45, 7) is 3.81. The van der Waals surface area contributed by atoms with Crippen molar-refractivity contribution < 1.29 is 14.3 Å². The van der Waals surface area contributed by atoms with Gasteiger partial charge in [-0.15, -0.1) is 0 Å². The van der Waals surface area contributed by atoms with E-state index in [1.807, 2.05) is 50.5 Å². The Kier molecular flexibility index (Phi) is 8.35. The molecule has 2 aliphatic rings. The largest absolute Gasteiger partial charge is 0.453 e. The topological polar surface area (TPSA) is 128 Å². The van der Waals surface area contributed by atoms with Crippen molar-refractivity contribution in [3.63, 3.8) is 0 Å². The second kappa shape index (κ2) is 13.3. The van der Waals surface area contributed by atoms with Gasteiger partial charge in [-0.2, -0.15) is 0 Å². The minimum absolute atomic E-state index is 0.142. The average Bonchev–Trinajstić information content (AvgIpc) is 3.98. The second-order valence-corrected chi connectivity index (χ2v) is 13.5. The Morgan fingerprint density at radius 2 is 1.31 bits per heavy atom. The molecular formula is C41H39N7O3. The first-order valence-electron chi connectivity index (χ1n) is 17.3. The number of H-pyrrole nitrogens is 2. The van der Waals surface area contributed by atoms with Gasteiger partial charge in [0.2, 0.25) is 0 Å². The van der Waals surface area contributed by atoms with Gasteiger partial charge in [0.25, 0.3) is 5.91 Å². The van der Waals surface area contributed by atoms with Crippen LogP contribution in [-0.2, 0) is 22.4 Å². The van der Waals surface area contributed by atoms with Crippen molar-refractivity contribution in [2.24, 2.45) is 5.92 Å². The number of imidazole rings is 2. The van der Waals surface area contributed by atoms with Gasteiger partial charge in [0.15, 0.2) is 0 Å². The number of methoxy groups -OCH3 is 1. The number of ether oxygens (including phenoxy) is 1. The minimum Gasteiger partial charge on any atom is -0.453 e. The zero-order valence-electron chi connectivity index (χ0n) is 28.7. The molecule has 8 rings (SSSR count). The van der Waals surface area contributed by atoms with Crippen LogP contribution in [0.25, 0.3) is 33.6 Å². The quantitative estimate of drug-likeness (QED) is 0.130. The van der Waals surface area contributed by atoms with E-state index in [9.17, 15) is 9.59 Å². The molecule has 10 heteroatoms. The van der Waals surface area contributed by atoms with Crippen LogP contribution in [0.1, 0.15) is 48.7 Å². The molecule has 0 spiro atoms. The van der Waals surface area contributed by atoms with Gasteiger partial charge < -0.3 is 25.3 Å². The van der Waals surface area contributed by atoms with Crippen molar-refractivity contribution >= 4 is 23.4 Å². The molecule has 2 amide bonds. The number of nitrogens with one attached hydrogen (secondary N) is 4. The van der Waals surface area contributed by atoms with Gasteiger partial charge in [-0.25, -0.2) is 14.8 Å². The first-order chi connectivity index (χ1) is 24.9. The lowest BCUT2D eigenvalue weighted by atomic mass is 10.0. The number of amides is 2. The van der Waals surface area contributed by atoms with E-state index in [0.29, 0.717) is 12.2 Å². The number of aromatic amines is 2. The van der Waals surface area contributed by atoms with E-state index in [4.69, 9.17) is 9.72 Å². The summed E-state index contributed by atoms with van der Waals surface area (Å²) in [6.07, 6.45) is 4.61. The van der Waals surface area contributed by atoms with E-state index >= 15 is 0 Å². The van der Waals surface area contributed by atoms with Crippen LogP contribution in [0.2, 0.25) is 0 Å². The standard InChI is InChI=1S/C41H39N7O3/c1-24(2)37(47-41(50)51-3)40(49)48-35-11-7-5-9-30(35)21-36(48)39-43-23-34(46-39)28-18-14-26(15-19-28)25-12-16-27(17-13-25)33-22-42-38(45-33)32-20-29-8-4-6-10-31(29)44-32/h4-19,22-24,32,36-37,44H,20-21H2,1-3H3,(H,42,45)(H,43,46)(H,47,50)/t32-,36-,37+/m0/s1. The number of hydrogen-bond acceptors (Lipinski definition) is 6. The van der Waals surface area contributed by atoms with E-state index in [1.165, 1.54) is 18.4 Å². The number of hydrogen-bond donors (Lipinski definition) is 4. The number of carbonyl (C=O) groups excluding carboxylic acids is 2. The smallest absolute Gasteiger partial charge is 0.407 e. The van der Waals surface area contributed by atoms with Gasteiger partial charge in [0, 0.05) is 24.2 Å². The molecule has 256 valence electrons. The summed E-state index contributed by atoms with van der Waals surface area (Å²) in [6, 6.07) is 32.2. The van der Waals surface area contributed by atoms with E-state index in [-0.39, 0.29) is 23.9 Å². The molecule has 4 aromatic carbocycles. The number of para-hydroxylation sites is 2. The molecule has 51 heavy (non-hydrogen) atoms. The number of anilines is 2. The summed E-state index contributed by atoms with van der Waals surface area (Å²) in [5, 5.41) is 6.30. The van der Waals surface area contributed by atoms with Crippen LogP contribution < -0.4 is 15.5 Å². The SMILES string of the molecule is COC(=O)N[C@@H](C(=O)N1c2ccccc2C[C@H]1c1ncc(-c2ccc(-c3ccc(-c4cnc([C@@H]5Cc6ccccc6N5)[nH]4)cc3)cc2)[nH]1)C(C)C. The fourth-order valence-electron chi connectivity index (χ4n) is 7.19. The number of carbonyl (C=O) groups is 2. The fraction of sp³-hybridized carbons (Fsp3) is 0.220. The number of benzene rings is 4. The van der Waals surface area contributed by atoms with Crippen molar-refractivity contribution in [3.8, 4) is 33.6 Å². The third kappa shape index (κ3) is 6.14. The first kappa shape index (κ1) is 32.1. The summed E-state index contributed by atoms with van der Waals surface area (Å²) in [4.78, 5) is 44.4. The predicted octanol–water partition coefficient (Wildman–Crippen LogP) is 7.85. The van der Waals surface area contributed by atoms with Crippen LogP contribution in [0.3, 0.4) is 0 Å². The summed E-state index contributed by atoms with van der Waals surface area (Å²) in [7, 11) is 1.30. The molecule has 3 atom stereocenters. The van der Waals surface area contributed by atoms with Gasteiger partial charge in [-0.05, 0) is 51.4 Å². The van der Waals surface area contributed by atoms with Gasteiger partial charge in [0.05, 0.1) is 43.0 Å². The van der Waals surface area contributed by atoms with Gasteiger partial charge in [0.1, 0.15) is 17.7 Å². The molecule has 0 unspecified atom stereocenters. The van der Waals surface area contributed by atoms with E-state index in [2.05, 4.69) is 98.4 Å². The average molecular weight is 678 g/mol. The maximum absolute atomic E-state index is 14.0. The maximum atomic E-state index is 14.0. The first-order valence-corrected chi connectivity index (χ1v) is 17.3. The van der Waals surface area contributed by atoms with E-state index in [0.717, 1.165) is 57.1 Å². The summed E-state index contributed by atoms with van der Waals surface area (Å²) in [5.41, 5.74) is 10.5. The van der Waals surface area contributed by atoms with Crippen LogP contribution in [-0.4, -0.2) is 45.1 Å². The normalized spacial score (nSPS) is 16.7. The summed E-state index contributed by atoms with van der Waals surface area (Å²) in [5.74, 6) is 1.27. The highest BCUT2D eigenvalue weighted by Gasteiger charge is 2.40. The lowest BCUT2D eigenvalue weighted by molar-refractivity contribution is -0.121. The number of rotatable bonds is 8. The zero-order valence-corrected chi connectivity index (χ0v) is 28.7. The number of alkyl carbamates (subject to hydrolysis) is 1. The number of aromatic nitrogens is 4. The van der Waals surface area contributed by atoms with Crippen LogP contribution in [0.5, 0.6) is 0 Å². The van der Waals surface area contributed by atoms with Crippen LogP contribution >= 0.6 is 0 Å². The van der Waals surface area contributed by atoms with Gasteiger partial charge in [-0.1, -0.05) is 98.8 Å². The zero-order chi connectivity index (χ0) is 35.1. The summed E-state index contributed by atoms with van der Waals surface area (Å²) >= 11 is 0. The van der Waals surface area contributed by atoms with Crippen molar-refractivity contribution in [1.29, 1.82) is 0 Å². The highest BCUT2D eigenvalue weighted by Crippen LogP contribution is 2.41. The molecule has 4 heterocycles. The van der Waals surface area contributed by atoms with Crippen LogP contribution in [0, 0.1) is 5.92 Å².